The summed E-state index contributed by atoms with van der Waals surface area (Å²) in [5, 5.41) is 31.6. The van der Waals surface area contributed by atoms with Crippen LogP contribution in [0.2, 0.25) is 0 Å². The average Bonchev–Trinajstić information content (AvgIpc) is 3.10. The van der Waals surface area contributed by atoms with E-state index >= 15 is 0 Å². The van der Waals surface area contributed by atoms with E-state index in [1.54, 1.807) is 0 Å². The number of aliphatic carboxylic acids is 1. The van der Waals surface area contributed by atoms with Crippen LogP contribution in [0.5, 0.6) is 0 Å². The molecule has 4 N–H and O–H groups in total. The standard InChI is InChI=1S/C13H16ClN5O5/c14-3-6-9(22)10(23)13(24-6)19-5-18-8-11(15-2-1-7(20)21)16-4-17-12(8)19/h4-6,9-10,13,22-23H,1-3H2,(H,20,21)(H,15,16,17)/t6-,9-,10-,13-/m1/s1. The lowest BCUT2D eigenvalue weighted by Gasteiger charge is -2.16. The smallest absolute Gasteiger partial charge is 0.305 e. The quantitative estimate of drug-likeness (QED) is 0.506. The van der Waals surface area contributed by atoms with Gasteiger partial charge >= 0.3 is 5.97 Å². The number of halogens is 1. The second-order valence-electron chi connectivity index (χ2n) is 5.32. The number of carboxylic acid groups (broad SMARTS) is 1. The lowest BCUT2D eigenvalue weighted by atomic mass is 10.1. The minimum Gasteiger partial charge on any atom is -0.481 e. The molecule has 1 fully saturated rings. The largest absolute Gasteiger partial charge is 0.481 e. The van der Waals surface area contributed by atoms with Crippen LogP contribution < -0.4 is 5.32 Å². The van der Waals surface area contributed by atoms with Gasteiger partial charge < -0.3 is 25.4 Å². The van der Waals surface area contributed by atoms with Crippen LogP contribution >= 0.6 is 11.6 Å². The van der Waals surface area contributed by atoms with Gasteiger partial charge in [-0.1, -0.05) is 0 Å². The van der Waals surface area contributed by atoms with Gasteiger partial charge in [0.2, 0.25) is 0 Å². The molecule has 10 nitrogen and oxygen atoms in total. The number of alkyl halides is 1. The van der Waals surface area contributed by atoms with Crippen LogP contribution in [0.3, 0.4) is 0 Å². The van der Waals surface area contributed by atoms with Crippen molar-refractivity contribution in [2.24, 2.45) is 0 Å². The van der Waals surface area contributed by atoms with Gasteiger partial charge in [0.25, 0.3) is 0 Å². The highest BCUT2D eigenvalue weighted by atomic mass is 35.5. The van der Waals surface area contributed by atoms with Gasteiger partial charge in [-0.05, 0) is 0 Å². The van der Waals surface area contributed by atoms with Crippen molar-refractivity contribution in [2.75, 3.05) is 17.7 Å². The molecule has 0 radical (unpaired) electrons. The van der Waals surface area contributed by atoms with E-state index in [-0.39, 0.29) is 18.8 Å². The lowest BCUT2D eigenvalue weighted by Crippen LogP contribution is -2.32. The summed E-state index contributed by atoms with van der Waals surface area (Å²) in [5.74, 6) is -0.512. The van der Waals surface area contributed by atoms with Crippen molar-refractivity contribution in [2.45, 2.75) is 31.0 Å². The first-order valence-electron chi connectivity index (χ1n) is 7.23. The third-order valence-corrected chi connectivity index (χ3v) is 4.06. The SMILES string of the molecule is O=C(O)CCNc1ncnc2c1ncn2[C@@H]1O[C@H](CCl)[C@@H](O)[C@H]1O. The molecule has 11 heteroatoms. The van der Waals surface area contributed by atoms with Crippen molar-refractivity contribution in [3.05, 3.63) is 12.7 Å². The summed E-state index contributed by atoms with van der Waals surface area (Å²) in [5.41, 5.74) is 0.789. The molecule has 0 aliphatic carbocycles. The summed E-state index contributed by atoms with van der Waals surface area (Å²) in [6, 6.07) is 0. The maximum absolute atomic E-state index is 10.6. The molecule has 1 aliphatic heterocycles. The van der Waals surface area contributed by atoms with E-state index in [9.17, 15) is 15.0 Å². The van der Waals surface area contributed by atoms with Crippen molar-refractivity contribution in [1.29, 1.82) is 0 Å². The first kappa shape index (κ1) is 16.8. The Labute approximate surface area is 141 Å². The summed E-state index contributed by atoms with van der Waals surface area (Å²) < 4.78 is 7.06. The number of hydrogen-bond donors (Lipinski definition) is 4. The van der Waals surface area contributed by atoms with Gasteiger partial charge in [-0.15, -0.1) is 11.6 Å². The molecule has 3 rings (SSSR count). The van der Waals surface area contributed by atoms with Gasteiger partial charge in [0.05, 0.1) is 18.6 Å². The van der Waals surface area contributed by atoms with E-state index in [0.29, 0.717) is 17.0 Å². The first-order chi connectivity index (χ1) is 11.5. The second-order valence-corrected chi connectivity index (χ2v) is 5.63. The van der Waals surface area contributed by atoms with Gasteiger partial charge in [0.1, 0.15) is 24.6 Å². The number of carboxylic acids is 1. The Bertz CT molecular complexity index is 741. The van der Waals surface area contributed by atoms with Crippen LogP contribution in [-0.4, -0.2) is 71.5 Å². The van der Waals surface area contributed by atoms with Crippen LogP contribution in [0.1, 0.15) is 12.6 Å². The number of nitrogens with one attached hydrogen (secondary N) is 1. The van der Waals surface area contributed by atoms with E-state index in [1.165, 1.54) is 17.2 Å². The van der Waals surface area contributed by atoms with Crippen LogP contribution in [0.4, 0.5) is 5.82 Å². The van der Waals surface area contributed by atoms with Crippen molar-refractivity contribution in [1.82, 2.24) is 19.5 Å². The van der Waals surface area contributed by atoms with E-state index in [2.05, 4.69) is 20.3 Å². The van der Waals surface area contributed by atoms with Crippen LogP contribution in [0.15, 0.2) is 12.7 Å². The van der Waals surface area contributed by atoms with Gasteiger partial charge in [0.15, 0.2) is 23.2 Å². The number of aromatic nitrogens is 4. The number of aliphatic hydroxyl groups excluding tert-OH is 2. The number of anilines is 1. The normalized spacial score (nSPS) is 26.8. The minimum absolute atomic E-state index is 0.0400. The maximum atomic E-state index is 10.6. The molecule has 1 aliphatic rings. The van der Waals surface area contributed by atoms with E-state index < -0.39 is 30.5 Å². The Morgan fingerprint density at radius 3 is 2.79 bits per heavy atom. The van der Waals surface area contributed by atoms with E-state index in [0.717, 1.165) is 0 Å². The Balaban J connectivity index is 1.87. The number of aliphatic hydroxyl groups is 2. The Hall–Kier alpha value is -2.01. The van der Waals surface area contributed by atoms with E-state index in [1.807, 2.05) is 0 Å². The molecule has 0 amide bonds. The minimum atomic E-state index is -1.18. The second kappa shape index (κ2) is 6.85. The van der Waals surface area contributed by atoms with Crippen molar-refractivity contribution in [3.63, 3.8) is 0 Å². The zero-order valence-electron chi connectivity index (χ0n) is 12.4. The molecule has 2 aromatic heterocycles. The Morgan fingerprint density at radius 2 is 2.12 bits per heavy atom. The summed E-state index contributed by atoms with van der Waals surface area (Å²) in [6.07, 6.45) is -1.22. The fourth-order valence-electron chi connectivity index (χ4n) is 2.54. The Morgan fingerprint density at radius 1 is 1.33 bits per heavy atom. The number of ether oxygens (including phenoxy) is 1. The van der Waals surface area contributed by atoms with Gasteiger partial charge in [0, 0.05) is 6.54 Å². The molecule has 0 saturated carbocycles. The molecule has 2 aromatic rings. The molecule has 0 bridgehead atoms. The number of nitrogens with zero attached hydrogens (tertiary/aromatic N) is 4. The number of imidazole rings is 1. The molecule has 130 valence electrons. The summed E-state index contributed by atoms with van der Waals surface area (Å²) in [6.45, 7) is 0.184. The predicted molar refractivity (Wildman–Crippen MR) is 82.7 cm³/mol. The fraction of sp³-hybridized carbons (Fsp3) is 0.538. The number of hydrogen-bond acceptors (Lipinski definition) is 8. The number of carbonyl (C=O) groups is 1. The highest BCUT2D eigenvalue weighted by Gasteiger charge is 2.43. The predicted octanol–water partition coefficient (Wildman–Crippen LogP) is -0.429. The fourth-order valence-corrected chi connectivity index (χ4v) is 2.80. The molecule has 0 unspecified atom stereocenters. The average molecular weight is 358 g/mol. The monoisotopic (exact) mass is 357 g/mol. The molecule has 4 atom stereocenters. The lowest BCUT2D eigenvalue weighted by molar-refractivity contribution is -0.136. The first-order valence-corrected chi connectivity index (χ1v) is 7.77. The van der Waals surface area contributed by atoms with E-state index in [4.69, 9.17) is 21.4 Å². The van der Waals surface area contributed by atoms with Crippen molar-refractivity contribution >= 4 is 34.6 Å². The zero-order chi connectivity index (χ0) is 17.3. The van der Waals surface area contributed by atoms with Crippen LogP contribution in [-0.2, 0) is 9.53 Å². The molecule has 1 saturated heterocycles. The van der Waals surface area contributed by atoms with Crippen molar-refractivity contribution in [3.8, 4) is 0 Å². The molecule has 0 aromatic carbocycles. The van der Waals surface area contributed by atoms with Gasteiger partial charge in [-0.3, -0.25) is 9.36 Å². The highest BCUT2D eigenvalue weighted by Crippen LogP contribution is 2.32. The van der Waals surface area contributed by atoms with Crippen LogP contribution in [0, 0.1) is 0 Å². The maximum Gasteiger partial charge on any atom is 0.305 e. The van der Waals surface area contributed by atoms with Gasteiger partial charge in [-0.2, -0.15) is 0 Å². The topological polar surface area (TPSA) is 143 Å². The van der Waals surface area contributed by atoms with Crippen LogP contribution in [0.25, 0.3) is 11.2 Å². The van der Waals surface area contributed by atoms with Crippen molar-refractivity contribution < 1.29 is 24.9 Å². The molecule has 3 heterocycles. The number of rotatable bonds is 6. The molecule has 0 spiro atoms. The van der Waals surface area contributed by atoms with Gasteiger partial charge in [-0.25, -0.2) is 15.0 Å². The summed E-state index contributed by atoms with van der Waals surface area (Å²) in [7, 11) is 0. The third kappa shape index (κ3) is 3.00. The highest BCUT2D eigenvalue weighted by molar-refractivity contribution is 6.18. The molecular weight excluding hydrogens is 342 g/mol. The zero-order valence-corrected chi connectivity index (χ0v) is 13.2. The Kier molecular flexibility index (Phi) is 4.81. The summed E-state index contributed by atoms with van der Waals surface area (Å²) >= 11 is 5.72. The number of fused-ring (bicyclic) bond motifs is 1. The molecule has 24 heavy (non-hydrogen) atoms. The third-order valence-electron chi connectivity index (χ3n) is 3.75. The summed E-state index contributed by atoms with van der Waals surface area (Å²) in [4.78, 5) is 23.0. The molecular formula is C13H16ClN5O5.